The van der Waals surface area contributed by atoms with E-state index in [-0.39, 0.29) is 0 Å². The first-order valence-corrected chi connectivity index (χ1v) is 7.50. The summed E-state index contributed by atoms with van der Waals surface area (Å²) < 4.78 is 1.93. The number of hydrogen-bond donors (Lipinski definition) is 1. The fourth-order valence-corrected chi connectivity index (χ4v) is 3.20. The van der Waals surface area contributed by atoms with E-state index in [0.717, 1.165) is 12.5 Å². The molecule has 1 unspecified atom stereocenters. The molecule has 2 rings (SSSR count). The molecule has 1 fully saturated rings. The van der Waals surface area contributed by atoms with Gasteiger partial charge in [0.05, 0.1) is 5.69 Å². The van der Waals surface area contributed by atoms with Gasteiger partial charge in [-0.2, -0.15) is 5.10 Å². The molecule has 1 aromatic rings. The molecule has 0 saturated carbocycles. The van der Waals surface area contributed by atoms with Crippen molar-refractivity contribution >= 4 is 0 Å². The molecule has 4 heteroatoms. The molecule has 0 spiro atoms. The van der Waals surface area contributed by atoms with E-state index in [4.69, 9.17) is 0 Å². The second-order valence-corrected chi connectivity index (χ2v) is 5.89. The van der Waals surface area contributed by atoms with Gasteiger partial charge in [-0.15, -0.1) is 0 Å². The second kappa shape index (κ2) is 6.53. The first-order chi connectivity index (χ1) is 9.11. The van der Waals surface area contributed by atoms with Gasteiger partial charge in [-0.25, -0.2) is 0 Å². The van der Waals surface area contributed by atoms with Crippen LogP contribution in [0.5, 0.6) is 0 Å². The summed E-state index contributed by atoms with van der Waals surface area (Å²) in [5, 5.41) is 7.72. The summed E-state index contributed by atoms with van der Waals surface area (Å²) in [5.74, 6) is 0.908. The van der Waals surface area contributed by atoms with Crippen LogP contribution in [0.1, 0.15) is 43.5 Å². The molecule has 0 bridgehead atoms. The van der Waals surface area contributed by atoms with Gasteiger partial charge in [-0.3, -0.25) is 9.58 Å². The van der Waals surface area contributed by atoms with E-state index >= 15 is 0 Å². The largest absolute Gasteiger partial charge is 0.320 e. The summed E-state index contributed by atoms with van der Waals surface area (Å²) in [5.41, 5.74) is 2.56. The fourth-order valence-electron chi connectivity index (χ4n) is 3.20. The Kier molecular flexibility index (Phi) is 4.99. The van der Waals surface area contributed by atoms with Crippen LogP contribution in [0.2, 0.25) is 0 Å². The summed E-state index contributed by atoms with van der Waals surface area (Å²) in [6.07, 6.45) is 6.17. The highest BCUT2D eigenvalue weighted by Crippen LogP contribution is 2.28. The smallest absolute Gasteiger partial charge is 0.0641 e. The molecule has 1 N–H and O–H groups in total. The van der Waals surface area contributed by atoms with E-state index in [9.17, 15) is 0 Å². The van der Waals surface area contributed by atoms with E-state index in [2.05, 4.69) is 35.4 Å². The van der Waals surface area contributed by atoms with E-state index in [1.807, 2.05) is 18.8 Å². The standard InChI is InChI=1S/C15H28N4/c1-12-15(11-18(4)17-12)13(2)19-9-6-14(7-10-19)5-8-16-3/h11,13-14,16H,5-10H2,1-4H3. The van der Waals surface area contributed by atoms with Gasteiger partial charge >= 0.3 is 0 Å². The zero-order valence-electron chi connectivity index (χ0n) is 12.8. The summed E-state index contributed by atoms with van der Waals surface area (Å²) in [7, 11) is 4.05. The SMILES string of the molecule is CNCCC1CCN(C(C)c2cn(C)nc2C)CC1. The average molecular weight is 264 g/mol. The Bertz CT molecular complexity index is 391. The second-order valence-electron chi connectivity index (χ2n) is 5.89. The zero-order valence-corrected chi connectivity index (χ0v) is 12.8. The van der Waals surface area contributed by atoms with Gasteiger partial charge in [0.25, 0.3) is 0 Å². The molecule has 1 aromatic heterocycles. The van der Waals surface area contributed by atoms with Gasteiger partial charge in [0.2, 0.25) is 0 Å². The topological polar surface area (TPSA) is 33.1 Å². The number of piperidine rings is 1. The fraction of sp³-hybridized carbons (Fsp3) is 0.800. The third-order valence-electron chi connectivity index (χ3n) is 4.50. The minimum absolute atomic E-state index is 0.499. The highest BCUT2D eigenvalue weighted by atomic mass is 15.3. The van der Waals surface area contributed by atoms with Crippen LogP contribution in [0.25, 0.3) is 0 Å². The molecule has 4 nitrogen and oxygen atoms in total. The third kappa shape index (κ3) is 3.57. The molecule has 0 aliphatic carbocycles. The summed E-state index contributed by atoms with van der Waals surface area (Å²) >= 11 is 0. The van der Waals surface area contributed by atoms with Gasteiger partial charge in [-0.05, 0) is 65.7 Å². The molecular weight excluding hydrogens is 236 g/mol. The molecule has 108 valence electrons. The van der Waals surface area contributed by atoms with Gasteiger partial charge in [0.1, 0.15) is 0 Å². The van der Waals surface area contributed by atoms with Crippen LogP contribution < -0.4 is 5.32 Å². The van der Waals surface area contributed by atoms with Crippen LogP contribution in [0, 0.1) is 12.8 Å². The van der Waals surface area contributed by atoms with E-state index in [1.54, 1.807) is 0 Å². The molecule has 1 aliphatic heterocycles. The molecule has 0 aromatic carbocycles. The van der Waals surface area contributed by atoms with Crippen molar-refractivity contribution in [2.24, 2.45) is 13.0 Å². The Morgan fingerprint density at radius 3 is 2.63 bits per heavy atom. The van der Waals surface area contributed by atoms with E-state index in [0.29, 0.717) is 6.04 Å². The van der Waals surface area contributed by atoms with Crippen molar-refractivity contribution in [1.82, 2.24) is 20.0 Å². The number of aryl methyl sites for hydroxylation is 2. The Morgan fingerprint density at radius 2 is 2.11 bits per heavy atom. The normalized spacial score (nSPS) is 19.8. The number of nitrogens with zero attached hydrogens (tertiary/aromatic N) is 3. The Balaban J connectivity index is 1.89. The summed E-state index contributed by atoms with van der Waals surface area (Å²) in [4.78, 5) is 2.61. The maximum atomic E-state index is 4.46. The number of rotatable bonds is 5. The van der Waals surface area contributed by atoms with Gasteiger partial charge in [0, 0.05) is 24.8 Å². The predicted octanol–water partition coefficient (Wildman–Crippen LogP) is 2.11. The third-order valence-corrected chi connectivity index (χ3v) is 4.50. The lowest BCUT2D eigenvalue weighted by Gasteiger charge is -2.36. The maximum absolute atomic E-state index is 4.46. The lowest BCUT2D eigenvalue weighted by Crippen LogP contribution is -2.36. The van der Waals surface area contributed by atoms with Crippen molar-refractivity contribution in [3.8, 4) is 0 Å². The number of hydrogen-bond acceptors (Lipinski definition) is 3. The van der Waals surface area contributed by atoms with Crippen LogP contribution in [0.3, 0.4) is 0 Å². The minimum Gasteiger partial charge on any atom is -0.320 e. The van der Waals surface area contributed by atoms with Crippen molar-refractivity contribution in [3.05, 3.63) is 17.5 Å². The van der Waals surface area contributed by atoms with Gasteiger partial charge < -0.3 is 5.32 Å². The van der Waals surface area contributed by atoms with Crippen LogP contribution >= 0.6 is 0 Å². The molecule has 1 atom stereocenters. The molecule has 0 radical (unpaired) electrons. The van der Waals surface area contributed by atoms with Crippen molar-refractivity contribution in [2.45, 2.75) is 39.2 Å². The maximum Gasteiger partial charge on any atom is 0.0641 e. The number of likely N-dealkylation sites (tertiary alicyclic amines) is 1. The van der Waals surface area contributed by atoms with Gasteiger partial charge in [0.15, 0.2) is 0 Å². The number of aromatic nitrogens is 2. The number of nitrogens with one attached hydrogen (secondary N) is 1. The van der Waals surface area contributed by atoms with Crippen molar-refractivity contribution in [3.63, 3.8) is 0 Å². The Morgan fingerprint density at radius 1 is 1.42 bits per heavy atom. The summed E-state index contributed by atoms with van der Waals surface area (Å²) in [6.45, 7) is 8.04. The van der Waals surface area contributed by atoms with Gasteiger partial charge in [-0.1, -0.05) is 0 Å². The predicted molar refractivity (Wildman–Crippen MR) is 79.2 cm³/mol. The minimum atomic E-state index is 0.499. The highest BCUT2D eigenvalue weighted by Gasteiger charge is 2.24. The van der Waals surface area contributed by atoms with Crippen LogP contribution in [0.15, 0.2) is 6.20 Å². The van der Waals surface area contributed by atoms with E-state index < -0.39 is 0 Å². The van der Waals surface area contributed by atoms with Crippen molar-refractivity contribution in [1.29, 1.82) is 0 Å². The molecule has 1 saturated heterocycles. The quantitative estimate of drug-likeness (QED) is 0.884. The lowest BCUT2D eigenvalue weighted by atomic mass is 9.92. The highest BCUT2D eigenvalue weighted by molar-refractivity contribution is 5.19. The molecule has 19 heavy (non-hydrogen) atoms. The molecule has 1 aliphatic rings. The van der Waals surface area contributed by atoms with Crippen LogP contribution in [-0.4, -0.2) is 41.4 Å². The molecule has 2 heterocycles. The van der Waals surface area contributed by atoms with Crippen molar-refractivity contribution in [2.75, 3.05) is 26.7 Å². The lowest BCUT2D eigenvalue weighted by molar-refractivity contribution is 0.137. The first-order valence-electron chi connectivity index (χ1n) is 7.50. The Hall–Kier alpha value is -0.870. The molecule has 0 amide bonds. The first kappa shape index (κ1) is 14.5. The van der Waals surface area contributed by atoms with Crippen LogP contribution in [-0.2, 0) is 7.05 Å². The van der Waals surface area contributed by atoms with Crippen LogP contribution in [0.4, 0.5) is 0 Å². The Labute approximate surface area is 117 Å². The zero-order chi connectivity index (χ0) is 13.8. The average Bonchev–Trinajstić information content (AvgIpc) is 2.75. The summed E-state index contributed by atoms with van der Waals surface area (Å²) in [6, 6.07) is 0.499. The molecular formula is C15H28N4. The van der Waals surface area contributed by atoms with E-state index in [1.165, 1.54) is 43.6 Å². The monoisotopic (exact) mass is 264 g/mol. The van der Waals surface area contributed by atoms with Crippen molar-refractivity contribution < 1.29 is 0 Å².